The fourth-order valence-electron chi connectivity index (χ4n) is 2.67. The molecule has 0 unspecified atom stereocenters. The molecule has 7 heteroatoms. The van der Waals surface area contributed by atoms with Gasteiger partial charge in [0.1, 0.15) is 13.2 Å². The second kappa shape index (κ2) is 7.41. The highest BCUT2D eigenvalue weighted by Crippen LogP contribution is 2.33. The van der Waals surface area contributed by atoms with Crippen molar-refractivity contribution in [2.24, 2.45) is 0 Å². The van der Waals surface area contributed by atoms with Gasteiger partial charge in [-0.1, -0.05) is 6.07 Å². The zero-order valence-corrected chi connectivity index (χ0v) is 14.3. The van der Waals surface area contributed by atoms with Crippen molar-refractivity contribution in [3.8, 4) is 23.0 Å². The number of Topliss-reactive ketones (excluding diaryl/α,β-unsaturated/α-hetero) is 1. The van der Waals surface area contributed by atoms with Crippen molar-refractivity contribution in [2.45, 2.75) is 0 Å². The highest BCUT2D eigenvalue weighted by Gasteiger charge is 2.16. The van der Waals surface area contributed by atoms with Gasteiger partial charge in [0.05, 0.1) is 0 Å². The lowest BCUT2D eigenvalue weighted by Crippen LogP contribution is -2.17. The maximum atomic E-state index is 12.2. The van der Waals surface area contributed by atoms with Crippen LogP contribution in [0.1, 0.15) is 15.9 Å². The Hall–Kier alpha value is -3.48. The lowest BCUT2D eigenvalue weighted by Gasteiger charge is -2.18. The molecule has 0 saturated heterocycles. The van der Waals surface area contributed by atoms with Crippen molar-refractivity contribution in [1.29, 1.82) is 0 Å². The van der Waals surface area contributed by atoms with E-state index in [1.807, 2.05) is 0 Å². The summed E-state index contributed by atoms with van der Waals surface area (Å²) in [5.74, 6) is 1.47. The molecule has 2 heterocycles. The minimum Gasteiger partial charge on any atom is -0.486 e. The van der Waals surface area contributed by atoms with Gasteiger partial charge in [0, 0.05) is 11.6 Å². The van der Waals surface area contributed by atoms with Crippen LogP contribution in [0.5, 0.6) is 23.0 Å². The normalized spacial score (nSPS) is 14.2. The van der Waals surface area contributed by atoms with Crippen molar-refractivity contribution in [2.75, 3.05) is 26.6 Å². The number of ketones is 1. The summed E-state index contributed by atoms with van der Waals surface area (Å²) in [6.07, 6.45) is 2.84. The van der Waals surface area contributed by atoms with Crippen LogP contribution in [-0.2, 0) is 9.53 Å². The van der Waals surface area contributed by atoms with Crippen LogP contribution in [0.4, 0.5) is 0 Å². The average Bonchev–Trinajstić information content (AvgIpc) is 3.18. The van der Waals surface area contributed by atoms with Gasteiger partial charge in [0.15, 0.2) is 35.4 Å². The molecule has 0 aromatic heterocycles. The van der Waals surface area contributed by atoms with Gasteiger partial charge in [-0.25, -0.2) is 4.79 Å². The van der Waals surface area contributed by atoms with E-state index in [-0.39, 0.29) is 19.2 Å². The lowest BCUT2D eigenvalue weighted by atomic mass is 10.1. The van der Waals surface area contributed by atoms with Gasteiger partial charge in [-0.2, -0.15) is 0 Å². The van der Waals surface area contributed by atoms with Gasteiger partial charge in [0.25, 0.3) is 0 Å². The van der Waals surface area contributed by atoms with E-state index < -0.39 is 5.97 Å². The molecule has 0 aliphatic carbocycles. The number of rotatable bonds is 5. The third-order valence-corrected chi connectivity index (χ3v) is 4.02. The first kappa shape index (κ1) is 17.0. The van der Waals surface area contributed by atoms with Crippen LogP contribution in [0.15, 0.2) is 42.5 Å². The molecule has 0 amide bonds. The van der Waals surface area contributed by atoms with E-state index in [1.54, 1.807) is 42.5 Å². The molecule has 2 aromatic rings. The highest BCUT2D eigenvalue weighted by atomic mass is 16.7. The average molecular weight is 368 g/mol. The molecule has 0 saturated carbocycles. The second-order valence-electron chi connectivity index (χ2n) is 5.84. The maximum absolute atomic E-state index is 12.2. The van der Waals surface area contributed by atoms with Crippen molar-refractivity contribution in [1.82, 2.24) is 0 Å². The van der Waals surface area contributed by atoms with Gasteiger partial charge in [-0.15, -0.1) is 0 Å². The van der Waals surface area contributed by atoms with Gasteiger partial charge in [-0.05, 0) is 42.0 Å². The fourth-order valence-corrected chi connectivity index (χ4v) is 2.67. The largest absolute Gasteiger partial charge is 0.486 e. The Morgan fingerprint density at radius 3 is 2.48 bits per heavy atom. The molecule has 27 heavy (non-hydrogen) atoms. The van der Waals surface area contributed by atoms with Crippen LogP contribution < -0.4 is 18.9 Å². The third-order valence-electron chi connectivity index (χ3n) is 4.02. The van der Waals surface area contributed by atoms with Gasteiger partial charge in [0.2, 0.25) is 6.79 Å². The van der Waals surface area contributed by atoms with Crippen molar-refractivity contribution in [3.05, 3.63) is 53.6 Å². The second-order valence-corrected chi connectivity index (χ2v) is 5.84. The van der Waals surface area contributed by atoms with E-state index in [2.05, 4.69) is 0 Å². The Labute approximate surface area is 155 Å². The molecular formula is C20H16O7. The number of hydrogen-bond acceptors (Lipinski definition) is 7. The van der Waals surface area contributed by atoms with Crippen molar-refractivity contribution >= 4 is 17.8 Å². The Morgan fingerprint density at radius 2 is 1.59 bits per heavy atom. The smallest absolute Gasteiger partial charge is 0.331 e. The fraction of sp³-hybridized carbons (Fsp3) is 0.200. The molecule has 4 rings (SSSR count). The molecule has 2 aliphatic rings. The van der Waals surface area contributed by atoms with Crippen LogP contribution in [0, 0.1) is 0 Å². The molecule has 0 radical (unpaired) electrons. The first-order chi connectivity index (χ1) is 13.2. The highest BCUT2D eigenvalue weighted by molar-refractivity contribution is 5.99. The summed E-state index contributed by atoms with van der Waals surface area (Å²) in [6, 6.07) is 10.2. The van der Waals surface area contributed by atoms with E-state index in [0.717, 1.165) is 5.56 Å². The zero-order valence-electron chi connectivity index (χ0n) is 14.3. The minimum atomic E-state index is -0.612. The molecule has 0 N–H and O–H groups in total. The number of hydrogen-bond donors (Lipinski definition) is 0. The number of carbonyl (C=O) groups is 2. The van der Waals surface area contributed by atoms with Crippen molar-refractivity contribution in [3.63, 3.8) is 0 Å². The van der Waals surface area contributed by atoms with Crippen LogP contribution in [0.2, 0.25) is 0 Å². The summed E-state index contributed by atoms with van der Waals surface area (Å²) in [5.41, 5.74) is 1.15. The number of benzene rings is 2. The number of esters is 1. The van der Waals surface area contributed by atoms with E-state index in [9.17, 15) is 9.59 Å². The molecule has 0 bridgehead atoms. The van der Waals surface area contributed by atoms with Crippen LogP contribution >= 0.6 is 0 Å². The third kappa shape index (κ3) is 3.87. The molecular weight excluding hydrogens is 352 g/mol. The van der Waals surface area contributed by atoms with Gasteiger partial charge >= 0.3 is 5.97 Å². The number of fused-ring (bicyclic) bond motifs is 2. The molecule has 0 fully saturated rings. The number of carbonyl (C=O) groups excluding carboxylic acids is 2. The van der Waals surface area contributed by atoms with Crippen LogP contribution in [0.25, 0.3) is 6.08 Å². The molecule has 138 valence electrons. The van der Waals surface area contributed by atoms with Crippen LogP contribution in [-0.4, -0.2) is 38.4 Å². The summed E-state index contributed by atoms with van der Waals surface area (Å²) in [5, 5.41) is 0. The Bertz CT molecular complexity index is 917. The predicted octanol–water partition coefficient (Wildman–Crippen LogP) is 2.63. The first-order valence-electron chi connectivity index (χ1n) is 8.36. The maximum Gasteiger partial charge on any atom is 0.331 e. The van der Waals surface area contributed by atoms with E-state index in [1.165, 1.54) is 6.08 Å². The number of ether oxygens (including phenoxy) is 5. The van der Waals surface area contributed by atoms with E-state index >= 15 is 0 Å². The SMILES string of the molecule is O=C(/C=C/c1ccc2c(c1)OCO2)OCC(=O)c1ccc2c(c1)OCCO2. The molecule has 0 atom stereocenters. The minimum absolute atomic E-state index is 0.187. The Morgan fingerprint density at radius 1 is 0.889 bits per heavy atom. The zero-order chi connectivity index (χ0) is 18.6. The van der Waals surface area contributed by atoms with Gasteiger partial charge < -0.3 is 23.7 Å². The molecule has 7 nitrogen and oxygen atoms in total. The van der Waals surface area contributed by atoms with E-state index in [0.29, 0.717) is 41.8 Å². The lowest BCUT2D eigenvalue weighted by molar-refractivity contribution is -0.136. The summed E-state index contributed by atoms with van der Waals surface area (Å²) < 4.78 is 26.4. The Balaban J connectivity index is 1.33. The Kier molecular flexibility index (Phi) is 4.65. The molecule has 2 aromatic carbocycles. The molecule has 2 aliphatic heterocycles. The molecule has 0 spiro atoms. The summed E-state index contributed by atoms with van der Waals surface area (Å²) >= 11 is 0. The topological polar surface area (TPSA) is 80.3 Å². The standard InChI is InChI=1S/C20H16O7/c21-15(14-3-5-16-19(10-14)24-8-7-23-16)11-25-20(22)6-2-13-1-4-17-18(9-13)27-12-26-17/h1-6,9-10H,7-8,11-12H2/b6-2+. The first-order valence-corrected chi connectivity index (χ1v) is 8.36. The van der Waals surface area contributed by atoms with Crippen molar-refractivity contribution < 1.29 is 33.3 Å². The quantitative estimate of drug-likeness (QED) is 0.456. The summed E-state index contributed by atoms with van der Waals surface area (Å²) in [4.78, 5) is 24.1. The van der Waals surface area contributed by atoms with Crippen LogP contribution in [0.3, 0.4) is 0 Å². The monoisotopic (exact) mass is 368 g/mol. The summed E-state index contributed by atoms with van der Waals surface area (Å²) in [7, 11) is 0. The summed E-state index contributed by atoms with van der Waals surface area (Å²) in [6.45, 7) is 0.744. The van der Waals surface area contributed by atoms with Gasteiger partial charge in [-0.3, -0.25) is 4.79 Å². The van der Waals surface area contributed by atoms with E-state index in [4.69, 9.17) is 23.7 Å². The predicted molar refractivity (Wildman–Crippen MR) is 94.3 cm³/mol.